The van der Waals surface area contributed by atoms with Crippen LogP contribution < -0.4 is 19.5 Å². The molecule has 2 aromatic carbocycles. The van der Waals surface area contributed by atoms with Crippen molar-refractivity contribution in [3.8, 4) is 17.2 Å². The van der Waals surface area contributed by atoms with Gasteiger partial charge < -0.3 is 19.5 Å². The average molecular weight is 348 g/mol. The highest BCUT2D eigenvalue weighted by Crippen LogP contribution is 2.30. The number of halogens is 1. The predicted molar refractivity (Wildman–Crippen MR) is 95.2 cm³/mol. The van der Waals surface area contributed by atoms with Crippen molar-refractivity contribution in [1.82, 2.24) is 0 Å². The van der Waals surface area contributed by atoms with Crippen molar-refractivity contribution < 1.29 is 19.0 Å². The first-order chi connectivity index (χ1) is 11.6. The van der Waals surface area contributed by atoms with Crippen LogP contribution in [0.1, 0.15) is 5.56 Å². The molecule has 1 N–H and O–H groups in total. The van der Waals surface area contributed by atoms with Gasteiger partial charge in [-0.05, 0) is 36.4 Å². The lowest BCUT2D eigenvalue weighted by atomic mass is 10.1. The van der Waals surface area contributed by atoms with Crippen molar-refractivity contribution >= 4 is 29.3 Å². The average Bonchev–Trinajstić information content (AvgIpc) is 2.59. The lowest BCUT2D eigenvalue weighted by Crippen LogP contribution is -2.09. The minimum atomic E-state index is -0.330. The predicted octanol–water partition coefficient (Wildman–Crippen LogP) is 4.02. The van der Waals surface area contributed by atoms with Gasteiger partial charge in [-0.15, -0.1) is 0 Å². The minimum absolute atomic E-state index is 0.330. The summed E-state index contributed by atoms with van der Waals surface area (Å²) in [7, 11) is 4.64. The van der Waals surface area contributed by atoms with Crippen LogP contribution in [0.5, 0.6) is 17.2 Å². The lowest BCUT2D eigenvalue weighted by Gasteiger charge is -2.10. The van der Waals surface area contributed by atoms with Gasteiger partial charge in [-0.1, -0.05) is 17.7 Å². The van der Waals surface area contributed by atoms with Gasteiger partial charge in [0.1, 0.15) is 17.2 Å². The Morgan fingerprint density at radius 1 is 1.00 bits per heavy atom. The van der Waals surface area contributed by atoms with E-state index in [2.05, 4.69) is 5.32 Å². The number of nitrogens with one attached hydrogen (secondary N) is 1. The fourth-order valence-electron chi connectivity index (χ4n) is 2.16. The van der Waals surface area contributed by atoms with Gasteiger partial charge in [0, 0.05) is 11.1 Å². The van der Waals surface area contributed by atoms with Crippen LogP contribution in [-0.4, -0.2) is 27.2 Å². The first-order valence-electron chi connectivity index (χ1n) is 7.12. The van der Waals surface area contributed by atoms with Gasteiger partial charge in [-0.3, -0.25) is 4.79 Å². The number of rotatable bonds is 6. The Balaban J connectivity index is 2.22. The summed E-state index contributed by atoms with van der Waals surface area (Å²) in [6.07, 6.45) is 3.02. The Kier molecular flexibility index (Phi) is 6.09. The van der Waals surface area contributed by atoms with Crippen molar-refractivity contribution in [3.63, 3.8) is 0 Å². The molecule has 0 saturated heterocycles. The first kappa shape index (κ1) is 17.7. The van der Waals surface area contributed by atoms with Crippen LogP contribution in [0.15, 0.2) is 42.5 Å². The second-order valence-corrected chi connectivity index (χ2v) is 5.18. The van der Waals surface area contributed by atoms with Crippen molar-refractivity contribution in [3.05, 3.63) is 53.1 Å². The fourth-order valence-corrected chi connectivity index (χ4v) is 2.33. The third-order valence-electron chi connectivity index (χ3n) is 3.29. The van der Waals surface area contributed by atoms with Gasteiger partial charge in [0.25, 0.3) is 0 Å². The number of carbonyl (C=O) groups excluding carboxylic acids is 1. The smallest absolute Gasteiger partial charge is 0.248 e. The van der Waals surface area contributed by atoms with E-state index in [1.54, 1.807) is 50.6 Å². The molecule has 0 saturated carbocycles. The molecule has 0 aliphatic heterocycles. The van der Waals surface area contributed by atoms with Gasteiger partial charge in [0.2, 0.25) is 5.91 Å². The van der Waals surface area contributed by atoms with E-state index in [4.69, 9.17) is 25.8 Å². The molecule has 126 valence electrons. The number of methoxy groups -OCH3 is 3. The van der Waals surface area contributed by atoms with Gasteiger partial charge in [-0.25, -0.2) is 0 Å². The Morgan fingerprint density at radius 3 is 2.21 bits per heavy atom. The number of ether oxygens (including phenoxy) is 3. The van der Waals surface area contributed by atoms with E-state index in [9.17, 15) is 4.79 Å². The summed E-state index contributed by atoms with van der Waals surface area (Å²) in [6, 6.07) is 10.4. The molecule has 0 aliphatic rings. The zero-order valence-electron chi connectivity index (χ0n) is 13.6. The lowest BCUT2D eigenvalue weighted by molar-refractivity contribution is -0.111. The normalized spacial score (nSPS) is 10.5. The Bertz CT molecular complexity index is 736. The molecular weight excluding hydrogens is 330 g/mol. The van der Waals surface area contributed by atoms with Crippen LogP contribution in [0.3, 0.4) is 0 Å². The summed E-state index contributed by atoms with van der Waals surface area (Å²) < 4.78 is 15.8. The molecule has 2 aromatic rings. The maximum atomic E-state index is 12.2. The number of amides is 1. The van der Waals surface area contributed by atoms with E-state index in [0.29, 0.717) is 33.5 Å². The second-order valence-electron chi connectivity index (χ2n) is 4.74. The number of anilines is 1. The topological polar surface area (TPSA) is 56.8 Å². The fraction of sp³-hybridized carbons (Fsp3) is 0.167. The third kappa shape index (κ3) is 4.20. The number of hydrogen-bond donors (Lipinski definition) is 1. The van der Waals surface area contributed by atoms with Crippen molar-refractivity contribution in [1.29, 1.82) is 0 Å². The van der Waals surface area contributed by atoms with Gasteiger partial charge in [0.05, 0.1) is 32.6 Å². The van der Waals surface area contributed by atoms with Crippen LogP contribution in [0.25, 0.3) is 6.08 Å². The number of benzene rings is 2. The third-order valence-corrected chi connectivity index (χ3v) is 3.52. The summed E-state index contributed by atoms with van der Waals surface area (Å²) >= 11 is 5.95. The van der Waals surface area contributed by atoms with E-state index in [-0.39, 0.29) is 5.91 Å². The zero-order chi connectivity index (χ0) is 17.5. The second kappa shape index (κ2) is 8.26. The van der Waals surface area contributed by atoms with E-state index in [1.807, 2.05) is 6.07 Å². The van der Waals surface area contributed by atoms with Crippen LogP contribution >= 0.6 is 11.6 Å². The van der Waals surface area contributed by atoms with Crippen LogP contribution in [0, 0.1) is 0 Å². The zero-order valence-corrected chi connectivity index (χ0v) is 14.4. The van der Waals surface area contributed by atoms with Crippen LogP contribution in [0.2, 0.25) is 5.02 Å². The highest BCUT2D eigenvalue weighted by atomic mass is 35.5. The summed E-state index contributed by atoms with van der Waals surface area (Å²) in [5.74, 6) is 1.41. The summed E-state index contributed by atoms with van der Waals surface area (Å²) in [6.45, 7) is 0. The molecule has 6 heteroatoms. The molecule has 0 spiro atoms. The highest BCUT2D eigenvalue weighted by molar-refractivity contribution is 6.31. The molecule has 0 bridgehead atoms. The standard InChI is InChI=1S/C18H18ClNO4/c1-22-15-5-4-6-16(23-2)13(15)8-10-18(21)20-14-11-12(19)7-9-17(14)24-3/h4-11H,1-3H3,(H,20,21)/b10-8+. The maximum absolute atomic E-state index is 12.2. The van der Waals surface area contributed by atoms with Crippen molar-refractivity contribution in [2.45, 2.75) is 0 Å². The van der Waals surface area contributed by atoms with Crippen LogP contribution in [0.4, 0.5) is 5.69 Å². The van der Waals surface area contributed by atoms with Crippen LogP contribution in [-0.2, 0) is 4.79 Å². The molecule has 0 fully saturated rings. The molecule has 0 radical (unpaired) electrons. The highest BCUT2D eigenvalue weighted by Gasteiger charge is 2.09. The Hall–Kier alpha value is -2.66. The van der Waals surface area contributed by atoms with E-state index >= 15 is 0 Å². The molecule has 0 unspecified atom stereocenters. The molecule has 0 heterocycles. The molecule has 1 amide bonds. The van der Waals surface area contributed by atoms with E-state index < -0.39 is 0 Å². The summed E-state index contributed by atoms with van der Waals surface area (Å²) in [5.41, 5.74) is 1.17. The van der Waals surface area contributed by atoms with E-state index in [1.165, 1.54) is 13.2 Å². The minimum Gasteiger partial charge on any atom is -0.496 e. The molecular formula is C18H18ClNO4. The van der Waals surface area contributed by atoms with Crippen molar-refractivity contribution in [2.24, 2.45) is 0 Å². The summed E-state index contributed by atoms with van der Waals surface area (Å²) in [4.78, 5) is 12.2. The molecule has 24 heavy (non-hydrogen) atoms. The molecule has 2 rings (SSSR count). The Morgan fingerprint density at radius 2 is 1.62 bits per heavy atom. The Labute approximate surface area is 145 Å². The first-order valence-corrected chi connectivity index (χ1v) is 7.50. The quantitative estimate of drug-likeness (QED) is 0.802. The van der Waals surface area contributed by atoms with E-state index in [0.717, 1.165) is 0 Å². The van der Waals surface area contributed by atoms with Gasteiger partial charge >= 0.3 is 0 Å². The number of hydrogen-bond acceptors (Lipinski definition) is 4. The van der Waals surface area contributed by atoms with Crippen molar-refractivity contribution in [2.75, 3.05) is 26.6 Å². The van der Waals surface area contributed by atoms with Gasteiger partial charge in [-0.2, -0.15) is 0 Å². The summed E-state index contributed by atoms with van der Waals surface area (Å²) in [5, 5.41) is 3.23. The number of carbonyl (C=O) groups is 1. The maximum Gasteiger partial charge on any atom is 0.248 e. The monoisotopic (exact) mass is 347 g/mol. The largest absolute Gasteiger partial charge is 0.496 e. The SMILES string of the molecule is COc1ccc(Cl)cc1NC(=O)/C=C/c1c(OC)cccc1OC. The molecule has 5 nitrogen and oxygen atoms in total. The molecule has 0 aliphatic carbocycles. The molecule has 0 aromatic heterocycles. The van der Waals surface area contributed by atoms with Gasteiger partial charge in [0.15, 0.2) is 0 Å². The molecule has 0 atom stereocenters.